The van der Waals surface area contributed by atoms with E-state index in [-0.39, 0.29) is 0 Å². The lowest BCUT2D eigenvalue weighted by Gasteiger charge is -2.28. The van der Waals surface area contributed by atoms with Crippen LogP contribution in [0.3, 0.4) is 0 Å². The molecule has 2 aromatic heterocycles. The van der Waals surface area contributed by atoms with Gasteiger partial charge in [0.05, 0.1) is 7.11 Å². The number of H-pyrrole nitrogens is 1. The van der Waals surface area contributed by atoms with Gasteiger partial charge in [-0.25, -0.2) is 4.98 Å². The van der Waals surface area contributed by atoms with Crippen molar-refractivity contribution in [1.82, 2.24) is 19.4 Å². The summed E-state index contributed by atoms with van der Waals surface area (Å²) in [7, 11) is 1.72. The maximum absolute atomic E-state index is 5.42. The second-order valence-electron chi connectivity index (χ2n) is 6.48. The molecule has 130 valence electrons. The molecule has 1 aliphatic heterocycles. The first-order valence-electron chi connectivity index (χ1n) is 8.63. The van der Waals surface area contributed by atoms with Gasteiger partial charge >= 0.3 is 0 Å². The first kappa shape index (κ1) is 16.3. The maximum atomic E-state index is 5.42. The molecule has 0 saturated carbocycles. The van der Waals surface area contributed by atoms with Crippen LogP contribution in [0.1, 0.15) is 23.7 Å². The van der Waals surface area contributed by atoms with E-state index in [9.17, 15) is 0 Å². The van der Waals surface area contributed by atoms with Crippen LogP contribution in [0.4, 0.5) is 0 Å². The minimum absolute atomic E-state index is 0.574. The Hall–Kier alpha value is -2.18. The lowest BCUT2D eigenvalue weighted by molar-refractivity contribution is 0.243. The molecule has 3 aromatic rings. The number of aromatic amines is 1. The molecule has 3 heterocycles. The molecule has 4 rings (SSSR count). The molecule has 0 amide bonds. The fraction of sp³-hybridized carbons (Fsp3) is 0.368. The minimum Gasteiger partial charge on any atom is -0.497 e. The third-order valence-electron chi connectivity index (χ3n) is 4.96. The largest absolute Gasteiger partial charge is 0.497 e. The van der Waals surface area contributed by atoms with Crippen LogP contribution < -0.4 is 4.74 Å². The number of ether oxygens (including phenoxy) is 1. The van der Waals surface area contributed by atoms with Gasteiger partial charge in [-0.15, -0.1) is 0 Å². The van der Waals surface area contributed by atoms with Crippen molar-refractivity contribution in [2.45, 2.75) is 33.0 Å². The molecule has 0 bridgehead atoms. The molecule has 25 heavy (non-hydrogen) atoms. The predicted molar refractivity (Wildman–Crippen MR) is 101 cm³/mol. The van der Waals surface area contributed by atoms with Gasteiger partial charge in [-0.1, -0.05) is 0 Å². The summed E-state index contributed by atoms with van der Waals surface area (Å²) < 4.78 is 8.30. The van der Waals surface area contributed by atoms with Crippen LogP contribution in [-0.2, 0) is 26.1 Å². The van der Waals surface area contributed by atoms with Crippen molar-refractivity contribution in [2.75, 3.05) is 13.7 Å². The van der Waals surface area contributed by atoms with Crippen LogP contribution in [0.2, 0.25) is 0 Å². The highest BCUT2D eigenvalue weighted by molar-refractivity contribution is 7.71. The Morgan fingerprint density at radius 3 is 3.04 bits per heavy atom. The zero-order valence-electron chi connectivity index (χ0n) is 14.6. The van der Waals surface area contributed by atoms with Crippen LogP contribution in [0.25, 0.3) is 10.9 Å². The van der Waals surface area contributed by atoms with Gasteiger partial charge in [0.15, 0.2) is 4.77 Å². The molecule has 0 radical (unpaired) electrons. The molecule has 0 aliphatic carbocycles. The fourth-order valence-electron chi connectivity index (χ4n) is 3.65. The lowest BCUT2D eigenvalue weighted by atomic mass is 10.1. The average molecular weight is 354 g/mol. The summed E-state index contributed by atoms with van der Waals surface area (Å²) in [4.78, 5) is 9.93. The van der Waals surface area contributed by atoms with Crippen molar-refractivity contribution in [3.63, 3.8) is 0 Å². The molecule has 0 unspecified atom stereocenters. The van der Waals surface area contributed by atoms with Gasteiger partial charge < -0.3 is 14.3 Å². The molecule has 6 heteroatoms. The van der Waals surface area contributed by atoms with Crippen molar-refractivity contribution in [2.24, 2.45) is 0 Å². The number of methoxy groups -OCH3 is 1. The molecular weight excluding hydrogens is 332 g/mol. The molecule has 1 aromatic carbocycles. The smallest absolute Gasteiger partial charge is 0.196 e. The highest BCUT2D eigenvalue weighted by atomic mass is 32.1. The minimum atomic E-state index is 0.574. The maximum Gasteiger partial charge on any atom is 0.196 e. The van der Waals surface area contributed by atoms with E-state index in [1.807, 2.05) is 12.3 Å². The molecule has 0 saturated heterocycles. The standard InChI is InChI=1S/C19H22N4OS/c1-3-23-12-14(16-8-15(24-2)4-5-18(16)23)11-22-7-6-17-13(10-22)9-20-19(25)21-17/h4-5,8-9,12H,3,6-7,10-11H2,1-2H3,(H,20,21,25). The van der Waals surface area contributed by atoms with E-state index in [0.717, 1.165) is 38.3 Å². The van der Waals surface area contributed by atoms with Gasteiger partial charge in [0.25, 0.3) is 0 Å². The number of hydrogen-bond donors (Lipinski definition) is 1. The third-order valence-corrected chi connectivity index (χ3v) is 5.17. The topological polar surface area (TPSA) is 46.1 Å². The van der Waals surface area contributed by atoms with Crippen LogP contribution in [0.5, 0.6) is 5.75 Å². The van der Waals surface area contributed by atoms with Crippen molar-refractivity contribution in [3.05, 3.63) is 52.2 Å². The molecule has 0 fully saturated rings. The summed E-state index contributed by atoms with van der Waals surface area (Å²) in [6.45, 7) is 5.98. The number of aryl methyl sites for hydroxylation is 1. The number of fused-ring (bicyclic) bond motifs is 2. The number of nitrogens with one attached hydrogen (secondary N) is 1. The summed E-state index contributed by atoms with van der Waals surface area (Å²) in [5, 5.41) is 1.28. The van der Waals surface area contributed by atoms with Crippen molar-refractivity contribution >= 4 is 23.1 Å². The van der Waals surface area contributed by atoms with E-state index in [4.69, 9.17) is 17.0 Å². The van der Waals surface area contributed by atoms with Crippen LogP contribution in [-0.4, -0.2) is 33.1 Å². The zero-order chi connectivity index (χ0) is 17.4. The van der Waals surface area contributed by atoms with E-state index < -0.39 is 0 Å². The summed E-state index contributed by atoms with van der Waals surface area (Å²) in [6.07, 6.45) is 5.17. The van der Waals surface area contributed by atoms with Crippen molar-refractivity contribution in [1.29, 1.82) is 0 Å². The van der Waals surface area contributed by atoms with Crippen LogP contribution in [0, 0.1) is 4.77 Å². The number of benzene rings is 1. The average Bonchev–Trinajstić information content (AvgIpc) is 2.98. The normalized spacial score (nSPS) is 14.6. The number of rotatable bonds is 4. The monoisotopic (exact) mass is 354 g/mol. The van der Waals surface area contributed by atoms with E-state index in [2.05, 4.69) is 44.7 Å². The predicted octanol–water partition coefficient (Wildman–Crippen LogP) is 3.68. The van der Waals surface area contributed by atoms with E-state index in [1.165, 1.54) is 27.7 Å². The van der Waals surface area contributed by atoms with Gasteiger partial charge in [-0.2, -0.15) is 0 Å². The Balaban J connectivity index is 1.64. The van der Waals surface area contributed by atoms with Gasteiger partial charge in [0.2, 0.25) is 0 Å². The molecule has 0 spiro atoms. The SMILES string of the molecule is CCn1cc(CN2CCc3[nH]c(=S)ncc3C2)c2cc(OC)ccc21. The number of hydrogen-bond acceptors (Lipinski definition) is 4. The van der Waals surface area contributed by atoms with E-state index in [0.29, 0.717) is 4.77 Å². The van der Waals surface area contributed by atoms with Crippen LogP contribution >= 0.6 is 12.2 Å². The quantitative estimate of drug-likeness (QED) is 0.726. The molecule has 1 aliphatic rings. The molecular formula is C19H22N4OS. The Bertz CT molecular complexity index is 975. The van der Waals surface area contributed by atoms with Gasteiger partial charge in [0, 0.05) is 67.2 Å². The van der Waals surface area contributed by atoms with Gasteiger partial charge in [-0.05, 0) is 42.9 Å². The second kappa shape index (κ2) is 6.61. The zero-order valence-corrected chi connectivity index (χ0v) is 15.4. The number of nitrogens with zero attached hydrogens (tertiary/aromatic N) is 3. The Morgan fingerprint density at radius 2 is 2.24 bits per heavy atom. The Kier molecular flexibility index (Phi) is 4.31. The van der Waals surface area contributed by atoms with Gasteiger partial charge in [0.1, 0.15) is 5.75 Å². The van der Waals surface area contributed by atoms with E-state index >= 15 is 0 Å². The van der Waals surface area contributed by atoms with E-state index in [1.54, 1.807) is 7.11 Å². The summed E-state index contributed by atoms with van der Waals surface area (Å²) >= 11 is 5.13. The first-order chi connectivity index (χ1) is 12.2. The molecule has 0 atom stereocenters. The fourth-order valence-corrected chi connectivity index (χ4v) is 3.82. The summed E-state index contributed by atoms with van der Waals surface area (Å²) in [6, 6.07) is 6.33. The summed E-state index contributed by atoms with van der Waals surface area (Å²) in [5.41, 5.74) is 5.09. The Morgan fingerprint density at radius 1 is 1.36 bits per heavy atom. The van der Waals surface area contributed by atoms with Crippen molar-refractivity contribution < 1.29 is 4.74 Å². The molecule has 1 N–H and O–H groups in total. The number of aromatic nitrogens is 3. The van der Waals surface area contributed by atoms with Crippen molar-refractivity contribution in [3.8, 4) is 5.75 Å². The lowest BCUT2D eigenvalue weighted by Crippen LogP contribution is -2.30. The third kappa shape index (κ3) is 3.07. The highest BCUT2D eigenvalue weighted by Gasteiger charge is 2.19. The first-order valence-corrected chi connectivity index (χ1v) is 9.04. The highest BCUT2D eigenvalue weighted by Crippen LogP contribution is 2.28. The summed E-state index contributed by atoms with van der Waals surface area (Å²) in [5.74, 6) is 0.906. The second-order valence-corrected chi connectivity index (χ2v) is 6.86. The molecule has 5 nitrogen and oxygen atoms in total. The van der Waals surface area contributed by atoms with Crippen LogP contribution in [0.15, 0.2) is 30.6 Å². The van der Waals surface area contributed by atoms with Gasteiger partial charge in [-0.3, -0.25) is 4.90 Å². The Labute approximate surface area is 152 Å².